The largest absolute Gasteiger partial charge is 0.377 e. The zero-order chi connectivity index (χ0) is 12.8. The zero-order valence-electron chi connectivity index (χ0n) is 10.4. The molecule has 0 aliphatic heterocycles. The number of benzene rings is 1. The third kappa shape index (κ3) is 4.26. The summed E-state index contributed by atoms with van der Waals surface area (Å²) in [5.41, 5.74) is 1.49. The van der Waals surface area contributed by atoms with E-state index in [0.717, 1.165) is 12.2 Å². The Morgan fingerprint density at radius 1 is 1.47 bits per heavy atom. The van der Waals surface area contributed by atoms with E-state index < -0.39 is 0 Å². The number of likely N-dealkylation sites (N-methyl/N-ethyl adjacent to an activating group) is 1. The van der Waals surface area contributed by atoms with Crippen molar-refractivity contribution in [2.24, 2.45) is 0 Å². The summed E-state index contributed by atoms with van der Waals surface area (Å²) in [5, 5.41) is 9.35. The highest BCUT2D eigenvalue weighted by molar-refractivity contribution is 6.33. The maximum Gasteiger partial charge on any atom is 0.0992 e. The standard InChI is InChI=1S/C13H17ClN2O/c1-10(2)17-7-6-16(3)13-5-4-11(9-15)8-12(13)14/h4-5,8,10H,6-7H2,1-3H3. The van der Waals surface area contributed by atoms with Crippen molar-refractivity contribution in [2.45, 2.75) is 20.0 Å². The molecule has 0 N–H and O–H groups in total. The number of hydrogen-bond acceptors (Lipinski definition) is 3. The van der Waals surface area contributed by atoms with Crippen LogP contribution >= 0.6 is 11.6 Å². The van der Waals surface area contributed by atoms with Crippen LogP contribution in [0.3, 0.4) is 0 Å². The average Bonchev–Trinajstić information content (AvgIpc) is 2.28. The molecule has 0 saturated heterocycles. The normalized spacial score (nSPS) is 10.4. The molecule has 0 aliphatic carbocycles. The molecule has 0 radical (unpaired) electrons. The number of hydrogen-bond donors (Lipinski definition) is 0. The molecule has 0 aromatic heterocycles. The minimum absolute atomic E-state index is 0.236. The molecule has 0 saturated carbocycles. The molecule has 0 amide bonds. The van der Waals surface area contributed by atoms with Crippen molar-refractivity contribution in [3.05, 3.63) is 28.8 Å². The Morgan fingerprint density at radius 2 is 2.18 bits per heavy atom. The fraction of sp³-hybridized carbons (Fsp3) is 0.462. The lowest BCUT2D eigenvalue weighted by Gasteiger charge is -2.21. The van der Waals surface area contributed by atoms with Gasteiger partial charge in [-0.15, -0.1) is 0 Å². The third-order valence-electron chi connectivity index (χ3n) is 2.37. The van der Waals surface area contributed by atoms with Gasteiger partial charge in [-0.25, -0.2) is 0 Å². The van der Waals surface area contributed by atoms with Crippen LogP contribution in [0.5, 0.6) is 0 Å². The zero-order valence-corrected chi connectivity index (χ0v) is 11.2. The van der Waals surface area contributed by atoms with Gasteiger partial charge in [-0.3, -0.25) is 0 Å². The third-order valence-corrected chi connectivity index (χ3v) is 2.67. The lowest BCUT2D eigenvalue weighted by Crippen LogP contribution is -2.24. The Hall–Kier alpha value is -1.24. The summed E-state index contributed by atoms with van der Waals surface area (Å²) in [4.78, 5) is 2.02. The summed E-state index contributed by atoms with van der Waals surface area (Å²) in [6.45, 7) is 5.44. The van der Waals surface area contributed by atoms with Crippen LogP contribution in [0.1, 0.15) is 19.4 Å². The van der Waals surface area contributed by atoms with Crippen LogP contribution in [0.2, 0.25) is 5.02 Å². The Labute approximate surface area is 108 Å². The first-order chi connectivity index (χ1) is 8.04. The fourth-order valence-electron chi connectivity index (χ4n) is 1.43. The van der Waals surface area contributed by atoms with E-state index in [1.807, 2.05) is 31.9 Å². The quantitative estimate of drug-likeness (QED) is 0.808. The van der Waals surface area contributed by atoms with Gasteiger partial charge in [0.25, 0.3) is 0 Å². The Kier molecular flexibility index (Phi) is 5.27. The van der Waals surface area contributed by atoms with Crippen LogP contribution in [-0.2, 0) is 4.74 Å². The van der Waals surface area contributed by atoms with Gasteiger partial charge in [-0.2, -0.15) is 5.26 Å². The van der Waals surface area contributed by atoms with E-state index in [-0.39, 0.29) is 6.10 Å². The van der Waals surface area contributed by atoms with Crippen molar-refractivity contribution in [2.75, 3.05) is 25.1 Å². The summed E-state index contributed by atoms with van der Waals surface area (Å²) < 4.78 is 5.48. The molecule has 0 fully saturated rings. The van der Waals surface area contributed by atoms with Crippen LogP contribution in [-0.4, -0.2) is 26.3 Å². The molecule has 0 atom stereocenters. The summed E-state index contributed by atoms with van der Waals surface area (Å²) >= 11 is 6.11. The average molecular weight is 253 g/mol. The van der Waals surface area contributed by atoms with Crippen LogP contribution < -0.4 is 4.90 Å². The molecule has 92 valence electrons. The molecule has 4 heteroatoms. The number of rotatable bonds is 5. The number of nitriles is 1. The Balaban J connectivity index is 2.63. The van der Waals surface area contributed by atoms with Gasteiger partial charge in [0.15, 0.2) is 0 Å². The molecular weight excluding hydrogens is 236 g/mol. The van der Waals surface area contributed by atoms with E-state index in [1.54, 1.807) is 12.1 Å². The van der Waals surface area contributed by atoms with Crippen molar-refractivity contribution in [3.63, 3.8) is 0 Å². The van der Waals surface area contributed by atoms with Crippen molar-refractivity contribution in [1.29, 1.82) is 5.26 Å². The molecule has 0 spiro atoms. The molecule has 1 aromatic rings. The lowest BCUT2D eigenvalue weighted by atomic mass is 10.2. The van der Waals surface area contributed by atoms with E-state index in [4.69, 9.17) is 21.6 Å². The molecule has 1 rings (SSSR count). The minimum Gasteiger partial charge on any atom is -0.377 e. The van der Waals surface area contributed by atoms with Crippen LogP contribution in [0.4, 0.5) is 5.69 Å². The predicted octanol–water partition coefficient (Wildman–Crippen LogP) is 3.07. The van der Waals surface area contributed by atoms with Gasteiger partial charge in [0.2, 0.25) is 0 Å². The van der Waals surface area contributed by atoms with Gasteiger partial charge >= 0.3 is 0 Å². The second kappa shape index (κ2) is 6.48. The van der Waals surface area contributed by atoms with Crippen molar-refractivity contribution in [3.8, 4) is 6.07 Å². The van der Waals surface area contributed by atoms with E-state index in [9.17, 15) is 0 Å². The van der Waals surface area contributed by atoms with Gasteiger partial charge in [0.05, 0.1) is 35.1 Å². The Bertz CT molecular complexity index is 412. The summed E-state index contributed by atoms with van der Waals surface area (Å²) in [6.07, 6.45) is 0.236. The molecule has 0 heterocycles. The smallest absolute Gasteiger partial charge is 0.0992 e. The number of halogens is 1. The first kappa shape index (κ1) is 13.8. The fourth-order valence-corrected chi connectivity index (χ4v) is 1.76. The second-order valence-electron chi connectivity index (χ2n) is 4.12. The molecule has 1 aromatic carbocycles. The topological polar surface area (TPSA) is 36.3 Å². The minimum atomic E-state index is 0.236. The van der Waals surface area contributed by atoms with E-state index in [2.05, 4.69) is 6.07 Å². The lowest BCUT2D eigenvalue weighted by molar-refractivity contribution is 0.0846. The van der Waals surface area contributed by atoms with Crippen molar-refractivity contribution in [1.82, 2.24) is 0 Å². The van der Waals surface area contributed by atoms with Gasteiger partial charge in [0, 0.05) is 13.6 Å². The summed E-state index contributed by atoms with van der Waals surface area (Å²) in [6, 6.07) is 7.36. The van der Waals surface area contributed by atoms with E-state index in [0.29, 0.717) is 17.2 Å². The van der Waals surface area contributed by atoms with Gasteiger partial charge in [0.1, 0.15) is 0 Å². The monoisotopic (exact) mass is 252 g/mol. The number of ether oxygens (including phenoxy) is 1. The molecule has 0 bridgehead atoms. The van der Waals surface area contributed by atoms with Gasteiger partial charge < -0.3 is 9.64 Å². The van der Waals surface area contributed by atoms with Crippen molar-refractivity contribution >= 4 is 17.3 Å². The van der Waals surface area contributed by atoms with E-state index >= 15 is 0 Å². The van der Waals surface area contributed by atoms with Crippen LogP contribution in [0, 0.1) is 11.3 Å². The molecule has 0 aliphatic rings. The number of nitrogens with zero attached hydrogens (tertiary/aromatic N) is 2. The summed E-state index contributed by atoms with van der Waals surface area (Å²) in [5.74, 6) is 0. The van der Waals surface area contributed by atoms with Crippen molar-refractivity contribution < 1.29 is 4.74 Å². The maximum absolute atomic E-state index is 8.75. The predicted molar refractivity (Wildman–Crippen MR) is 70.5 cm³/mol. The first-order valence-corrected chi connectivity index (χ1v) is 5.94. The highest BCUT2D eigenvalue weighted by atomic mass is 35.5. The maximum atomic E-state index is 8.75. The molecule has 0 unspecified atom stereocenters. The number of anilines is 1. The first-order valence-electron chi connectivity index (χ1n) is 5.57. The van der Waals surface area contributed by atoms with Crippen LogP contribution in [0.25, 0.3) is 0 Å². The Morgan fingerprint density at radius 3 is 2.71 bits per heavy atom. The van der Waals surface area contributed by atoms with E-state index in [1.165, 1.54) is 0 Å². The molecule has 17 heavy (non-hydrogen) atoms. The van der Waals surface area contributed by atoms with Gasteiger partial charge in [-0.1, -0.05) is 11.6 Å². The summed E-state index contributed by atoms with van der Waals surface area (Å²) in [7, 11) is 1.96. The van der Waals surface area contributed by atoms with Crippen LogP contribution in [0.15, 0.2) is 18.2 Å². The van der Waals surface area contributed by atoms with Gasteiger partial charge in [-0.05, 0) is 32.0 Å². The highest BCUT2D eigenvalue weighted by Crippen LogP contribution is 2.25. The highest BCUT2D eigenvalue weighted by Gasteiger charge is 2.07. The molecular formula is C13H17ClN2O. The molecule has 3 nitrogen and oxygen atoms in total. The second-order valence-corrected chi connectivity index (χ2v) is 4.53. The SMILES string of the molecule is CC(C)OCCN(C)c1ccc(C#N)cc1Cl.